The Morgan fingerprint density at radius 1 is 1.75 bits per heavy atom. The van der Waals surface area contributed by atoms with Crippen LogP contribution >= 0.6 is 0 Å². The van der Waals surface area contributed by atoms with Crippen LogP contribution in [0.15, 0.2) is 0 Å². The topological polar surface area (TPSA) is 38.7 Å². The number of hydrogen-bond acceptors (Lipinski definition) is 3. The van der Waals surface area contributed by atoms with Crippen LogP contribution in [0.25, 0.3) is 0 Å². The summed E-state index contributed by atoms with van der Waals surface area (Å²) in [6, 6.07) is 0. The molecule has 0 bridgehead atoms. The van der Waals surface area contributed by atoms with Gasteiger partial charge in [-0.05, 0) is 6.42 Å². The van der Waals surface area contributed by atoms with E-state index < -0.39 is 6.29 Å². The molecule has 0 aromatic heterocycles. The van der Waals surface area contributed by atoms with Gasteiger partial charge >= 0.3 is 0 Å². The molecular weight excluding hydrogens is 108 g/mol. The van der Waals surface area contributed by atoms with Gasteiger partial charge in [-0.15, -0.1) is 0 Å². The van der Waals surface area contributed by atoms with E-state index in [4.69, 9.17) is 5.11 Å². The first-order valence-corrected chi connectivity index (χ1v) is 2.81. The van der Waals surface area contributed by atoms with Crippen molar-refractivity contribution in [1.29, 1.82) is 0 Å². The van der Waals surface area contributed by atoms with Crippen molar-refractivity contribution in [3.8, 4) is 0 Å². The summed E-state index contributed by atoms with van der Waals surface area (Å²) in [4.78, 5) is 8.92. The fourth-order valence-corrected chi connectivity index (χ4v) is 0.677. The summed E-state index contributed by atoms with van der Waals surface area (Å²) >= 11 is 0. The molecule has 0 aromatic carbocycles. The molecule has 0 aliphatic carbocycles. The molecule has 0 saturated carbocycles. The van der Waals surface area contributed by atoms with Crippen LogP contribution in [0.5, 0.6) is 0 Å². The monoisotopic (exact) mass is 118 g/mol. The Morgan fingerprint density at radius 3 is 2.75 bits per heavy atom. The number of aliphatic hydroxyl groups is 1. The first-order valence-electron chi connectivity index (χ1n) is 2.81. The first kappa shape index (κ1) is 6.01. The number of aliphatic hydroxyl groups excluding tert-OH is 1. The zero-order valence-corrected chi connectivity index (χ0v) is 4.83. The largest absolute Gasteiger partial charge is 0.365 e. The molecular formula is C5H10O3. The molecule has 0 radical (unpaired) electrons. The average molecular weight is 118 g/mol. The number of rotatable bonds is 1. The molecule has 1 aliphatic rings. The van der Waals surface area contributed by atoms with E-state index in [1.54, 1.807) is 0 Å². The molecule has 0 spiro atoms. The lowest BCUT2D eigenvalue weighted by atomic mass is 10.1. The second-order valence-electron chi connectivity index (χ2n) is 1.94. The highest BCUT2D eigenvalue weighted by Crippen LogP contribution is 2.17. The summed E-state index contributed by atoms with van der Waals surface area (Å²) < 4.78 is 0. The van der Waals surface area contributed by atoms with Crippen molar-refractivity contribution in [2.75, 3.05) is 6.61 Å². The van der Waals surface area contributed by atoms with E-state index in [9.17, 15) is 0 Å². The Balaban J connectivity index is 2.30. The maximum atomic E-state index is 8.84. The van der Waals surface area contributed by atoms with Gasteiger partial charge in [0.15, 0.2) is 6.29 Å². The lowest BCUT2D eigenvalue weighted by Gasteiger charge is -2.03. The molecule has 1 rings (SSSR count). The van der Waals surface area contributed by atoms with Crippen molar-refractivity contribution in [3.05, 3.63) is 0 Å². The summed E-state index contributed by atoms with van der Waals surface area (Å²) in [7, 11) is 0. The Bertz CT molecular complexity index is 74.1. The van der Waals surface area contributed by atoms with E-state index in [2.05, 4.69) is 9.78 Å². The normalized spacial score (nSPS) is 38.2. The molecule has 3 heteroatoms. The lowest BCUT2D eigenvalue weighted by Crippen LogP contribution is -2.14. The second-order valence-corrected chi connectivity index (χ2v) is 1.94. The summed E-state index contributed by atoms with van der Waals surface area (Å²) in [6.07, 6.45) is 0.209. The van der Waals surface area contributed by atoms with Gasteiger partial charge in [0.25, 0.3) is 0 Å². The summed E-state index contributed by atoms with van der Waals surface area (Å²) in [5.74, 6) is 0.176. The molecule has 0 amide bonds. The molecule has 1 saturated heterocycles. The Labute approximate surface area is 48.1 Å². The van der Waals surface area contributed by atoms with Gasteiger partial charge in [-0.1, -0.05) is 6.92 Å². The first-order chi connectivity index (χ1) is 3.84. The minimum Gasteiger partial charge on any atom is -0.365 e. The third-order valence-electron chi connectivity index (χ3n) is 1.38. The standard InChI is InChI=1S/C5H10O3/c1-2-4-3-7-8-5(4)6/h4-6H,2-3H2,1H3. The molecule has 2 atom stereocenters. The highest BCUT2D eigenvalue weighted by Gasteiger charge is 2.25. The fraction of sp³-hybridized carbons (Fsp3) is 1.00. The summed E-state index contributed by atoms with van der Waals surface area (Å²) in [6.45, 7) is 2.52. The Kier molecular flexibility index (Phi) is 1.83. The third kappa shape index (κ3) is 0.992. The summed E-state index contributed by atoms with van der Waals surface area (Å²) in [5, 5.41) is 8.84. The minimum atomic E-state index is -0.694. The maximum absolute atomic E-state index is 8.84. The van der Waals surface area contributed by atoms with E-state index in [-0.39, 0.29) is 5.92 Å². The van der Waals surface area contributed by atoms with Crippen LogP contribution < -0.4 is 0 Å². The van der Waals surface area contributed by atoms with Crippen LogP contribution in [0.1, 0.15) is 13.3 Å². The van der Waals surface area contributed by atoms with Crippen molar-refractivity contribution in [1.82, 2.24) is 0 Å². The molecule has 48 valence electrons. The molecule has 0 aromatic rings. The summed E-state index contributed by atoms with van der Waals surface area (Å²) in [5.41, 5.74) is 0. The van der Waals surface area contributed by atoms with Gasteiger partial charge in [0.05, 0.1) is 6.61 Å². The zero-order chi connectivity index (χ0) is 5.98. The van der Waals surface area contributed by atoms with E-state index in [1.165, 1.54) is 0 Å². The maximum Gasteiger partial charge on any atom is 0.193 e. The average Bonchev–Trinajstić information content (AvgIpc) is 2.14. The van der Waals surface area contributed by atoms with Crippen LogP contribution in [0.4, 0.5) is 0 Å². The van der Waals surface area contributed by atoms with Crippen LogP contribution in [-0.2, 0) is 9.78 Å². The predicted octanol–water partition coefficient (Wildman–Crippen LogP) is 0.293. The quantitative estimate of drug-likeness (QED) is 0.503. The predicted molar refractivity (Wildman–Crippen MR) is 26.8 cm³/mol. The van der Waals surface area contributed by atoms with Crippen molar-refractivity contribution >= 4 is 0 Å². The number of hydrogen-bond donors (Lipinski definition) is 1. The third-order valence-corrected chi connectivity index (χ3v) is 1.38. The highest BCUT2D eigenvalue weighted by atomic mass is 17.2. The fourth-order valence-electron chi connectivity index (χ4n) is 0.677. The van der Waals surface area contributed by atoms with E-state index >= 15 is 0 Å². The smallest absolute Gasteiger partial charge is 0.193 e. The Morgan fingerprint density at radius 2 is 2.50 bits per heavy atom. The second kappa shape index (κ2) is 2.44. The van der Waals surface area contributed by atoms with E-state index in [0.29, 0.717) is 6.61 Å². The highest BCUT2D eigenvalue weighted by molar-refractivity contribution is 4.59. The van der Waals surface area contributed by atoms with Gasteiger partial charge in [-0.3, -0.25) is 0 Å². The SMILES string of the molecule is CCC1COOC1O. The Hall–Kier alpha value is -0.120. The molecule has 3 nitrogen and oxygen atoms in total. The van der Waals surface area contributed by atoms with Crippen LogP contribution in [0, 0.1) is 5.92 Å². The van der Waals surface area contributed by atoms with Gasteiger partial charge in [-0.25, -0.2) is 9.78 Å². The van der Waals surface area contributed by atoms with Gasteiger partial charge in [-0.2, -0.15) is 0 Å². The van der Waals surface area contributed by atoms with E-state index in [0.717, 1.165) is 6.42 Å². The minimum absolute atomic E-state index is 0.176. The van der Waals surface area contributed by atoms with E-state index in [1.807, 2.05) is 6.92 Å². The zero-order valence-electron chi connectivity index (χ0n) is 4.83. The van der Waals surface area contributed by atoms with Gasteiger partial charge < -0.3 is 5.11 Å². The van der Waals surface area contributed by atoms with Crippen LogP contribution in [0.3, 0.4) is 0 Å². The van der Waals surface area contributed by atoms with Gasteiger partial charge in [0.2, 0.25) is 0 Å². The molecule has 8 heavy (non-hydrogen) atoms. The molecule has 1 fully saturated rings. The molecule has 1 heterocycles. The van der Waals surface area contributed by atoms with Crippen molar-refractivity contribution in [2.45, 2.75) is 19.6 Å². The van der Waals surface area contributed by atoms with Crippen molar-refractivity contribution in [3.63, 3.8) is 0 Å². The van der Waals surface area contributed by atoms with Crippen molar-refractivity contribution < 1.29 is 14.9 Å². The van der Waals surface area contributed by atoms with Crippen LogP contribution in [-0.4, -0.2) is 18.0 Å². The molecule has 1 aliphatic heterocycles. The van der Waals surface area contributed by atoms with Crippen molar-refractivity contribution in [2.24, 2.45) is 5.92 Å². The molecule has 1 N–H and O–H groups in total. The van der Waals surface area contributed by atoms with Gasteiger partial charge in [0.1, 0.15) is 0 Å². The van der Waals surface area contributed by atoms with Gasteiger partial charge in [0, 0.05) is 5.92 Å². The van der Waals surface area contributed by atoms with Crippen LogP contribution in [0.2, 0.25) is 0 Å². The lowest BCUT2D eigenvalue weighted by molar-refractivity contribution is -0.318. The molecule has 2 unspecified atom stereocenters.